The molecule has 1 aliphatic rings. The third-order valence-electron chi connectivity index (χ3n) is 4.12. The highest BCUT2D eigenvalue weighted by molar-refractivity contribution is 6.74. The molecule has 1 fully saturated rings. The van der Waals surface area contributed by atoms with Gasteiger partial charge in [0.25, 0.3) is 0 Å². The second-order valence-electron chi connectivity index (χ2n) is 6.46. The Kier molecular flexibility index (Phi) is 4.58. The normalized spacial score (nSPS) is 27.4. The molecule has 17 heavy (non-hydrogen) atoms. The molecule has 0 radical (unpaired) electrons. The Morgan fingerprint density at radius 1 is 1.47 bits per heavy atom. The molecule has 0 amide bonds. The molecule has 0 unspecified atom stereocenters. The molecule has 3 nitrogen and oxygen atoms in total. The molecule has 1 aliphatic heterocycles. The first-order chi connectivity index (χ1) is 7.69. The Labute approximate surface area is 107 Å². The van der Waals surface area contributed by atoms with Gasteiger partial charge in [-0.15, -0.1) is 6.58 Å². The Morgan fingerprint density at radius 3 is 2.53 bits per heavy atom. The first kappa shape index (κ1) is 14.9. The minimum atomic E-state index is -1.74. The lowest BCUT2D eigenvalue weighted by molar-refractivity contribution is -0.113. The van der Waals surface area contributed by atoms with E-state index in [9.17, 15) is 5.21 Å². The molecule has 0 aromatic rings. The van der Waals surface area contributed by atoms with E-state index in [0.29, 0.717) is 6.54 Å². The van der Waals surface area contributed by atoms with Crippen LogP contribution in [0.1, 0.15) is 33.6 Å². The molecule has 0 aromatic carbocycles. The summed E-state index contributed by atoms with van der Waals surface area (Å²) in [4.78, 5) is 0. The van der Waals surface area contributed by atoms with E-state index < -0.39 is 8.32 Å². The van der Waals surface area contributed by atoms with E-state index >= 15 is 0 Å². The fourth-order valence-corrected chi connectivity index (χ4v) is 3.33. The van der Waals surface area contributed by atoms with Gasteiger partial charge in [-0.1, -0.05) is 26.8 Å². The van der Waals surface area contributed by atoms with Gasteiger partial charge in [0.1, 0.15) is 0 Å². The molecule has 1 heterocycles. The molecule has 1 rings (SSSR count). The summed E-state index contributed by atoms with van der Waals surface area (Å²) >= 11 is 0. The minimum Gasteiger partial charge on any atom is -0.412 e. The quantitative estimate of drug-likeness (QED) is 0.619. The van der Waals surface area contributed by atoms with Gasteiger partial charge in [0, 0.05) is 6.54 Å². The number of rotatable bonds is 4. The van der Waals surface area contributed by atoms with Crippen molar-refractivity contribution in [1.29, 1.82) is 0 Å². The van der Waals surface area contributed by atoms with Crippen molar-refractivity contribution in [2.24, 2.45) is 0 Å². The molecule has 0 aliphatic carbocycles. The van der Waals surface area contributed by atoms with Crippen LogP contribution in [0.25, 0.3) is 0 Å². The largest absolute Gasteiger partial charge is 0.412 e. The molecule has 2 atom stereocenters. The minimum absolute atomic E-state index is 0.0848. The van der Waals surface area contributed by atoms with Gasteiger partial charge in [-0.05, 0) is 31.0 Å². The highest BCUT2D eigenvalue weighted by Crippen LogP contribution is 2.39. The van der Waals surface area contributed by atoms with Crippen molar-refractivity contribution in [3.63, 3.8) is 0 Å². The lowest BCUT2D eigenvalue weighted by Gasteiger charge is -2.39. The second-order valence-corrected chi connectivity index (χ2v) is 11.2. The third kappa shape index (κ3) is 3.41. The predicted molar refractivity (Wildman–Crippen MR) is 73.8 cm³/mol. The Morgan fingerprint density at radius 2 is 2.06 bits per heavy atom. The van der Waals surface area contributed by atoms with E-state index in [1.54, 1.807) is 0 Å². The summed E-state index contributed by atoms with van der Waals surface area (Å²) in [7, 11) is -1.74. The number of hydrogen-bond acceptors (Lipinski definition) is 3. The fourth-order valence-electron chi connectivity index (χ4n) is 1.95. The Bertz CT molecular complexity index is 273. The number of hydroxylamine groups is 2. The Hall–Kier alpha value is -0.163. The van der Waals surface area contributed by atoms with Crippen LogP contribution in [0.2, 0.25) is 18.1 Å². The maximum absolute atomic E-state index is 9.81. The van der Waals surface area contributed by atoms with Crippen LogP contribution in [0.5, 0.6) is 0 Å². The van der Waals surface area contributed by atoms with E-state index in [1.165, 1.54) is 5.06 Å². The fraction of sp³-hybridized carbons (Fsp3) is 0.846. The van der Waals surface area contributed by atoms with Gasteiger partial charge in [-0.2, -0.15) is 5.06 Å². The summed E-state index contributed by atoms with van der Waals surface area (Å²) in [5.41, 5.74) is 0. The highest BCUT2D eigenvalue weighted by atomic mass is 28.4. The van der Waals surface area contributed by atoms with Crippen LogP contribution in [0.3, 0.4) is 0 Å². The van der Waals surface area contributed by atoms with Crippen LogP contribution in [-0.4, -0.2) is 37.3 Å². The van der Waals surface area contributed by atoms with Gasteiger partial charge < -0.3 is 9.63 Å². The monoisotopic (exact) mass is 257 g/mol. The molecule has 1 N–H and O–H groups in total. The predicted octanol–water partition coefficient (Wildman–Crippen LogP) is 3.42. The third-order valence-corrected chi connectivity index (χ3v) is 8.62. The standard InChI is InChI=1S/C13H27NO2Si/c1-7-8-11-12(9-10-14(11)15)16-17(5,6)13(2,3)4/h7,11-12,15H,1,8-10H2,2-6H3/t11-,12+/m1/s1. The van der Waals surface area contributed by atoms with E-state index in [-0.39, 0.29) is 17.2 Å². The topological polar surface area (TPSA) is 32.7 Å². The molecular formula is C13H27NO2Si. The molecule has 0 spiro atoms. The molecular weight excluding hydrogens is 230 g/mol. The van der Waals surface area contributed by atoms with E-state index in [2.05, 4.69) is 40.4 Å². The summed E-state index contributed by atoms with van der Waals surface area (Å²) in [6.07, 6.45) is 3.72. The number of nitrogens with zero attached hydrogens (tertiary/aromatic N) is 1. The van der Waals surface area contributed by atoms with Crippen LogP contribution < -0.4 is 0 Å². The van der Waals surface area contributed by atoms with Crippen LogP contribution in [0, 0.1) is 0 Å². The first-order valence-corrected chi connectivity index (χ1v) is 9.34. The molecule has 0 aromatic heterocycles. The van der Waals surface area contributed by atoms with Crippen molar-refractivity contribution in [3.8, 4) is 0 Å². The summed E-state index contributed by atoms with van der Waals surface area (Å²) in [5.74, 6) is 0. The first-order valence-electron chi connectivity index (χ1n) is 6.43. The maximum Gasteiger partial charge on any atom is 0.192 e. The molecule has 100 valence electrons. The zero-order chi connectivity index (χ0) is 13.3. The van der Waals surface area contributed by atoms with Gasteiger partial charge >= 0.3 is 0 Å². The van der Waals surface area contributed by atoms with Gasteiger partial charge in [-0.25, -0.2) is 0 Å². The van der Waals surface area contributed by atoms with E-state index in [4.69, 9.17) is 4.43 Å². The SMILES string of the molecule is C=CC[C@@H]1[C@@H](O[Si](C)(C)C(C)(C)C)CCN1O. The van der Waals surface area contributed by atoms with Crippen molar-refractivity contribution < 1.29 is 9.63 Å². The van der Waals surface area contributed by atoms with Gasteiger partial charge in [0.15, 0.2) is 8.32 Å². The van der Waals surface area contributed by atoms with Crippen LogP contribution in [0.4, 0.5) is 0 Å². The number of hydrogen-bond donors (Lipinski definition) is 1. The second kappa shape index (κ2) is 5.22. The maximum atomic E-state index is 9.81. The van der Waals surface area contributed by atoms with E-state index in [0.717, 1.165) is 12.8 Å². The molecule has 1 saturated heterocycles. The van der Waals surface area contributed by atoms with Crippen molar-refractivity contribution in [2.75, 3.05) is 6.54 Å². The molecule has 0 saturated carbocycles. The van der Waals surface area contributed by atoms with Crippen molar-refractivity contribution in [1.82, 2.24) is 5.06 Å². The summed E-state index contributed by atoms with van der Waals surface area (Å²) < 4.78 is 6.39. The highest BCUT2D eigenvalue weighted by Gasteiger charge is 2.43. The summed E-state index contributed by atoms with van der Waals surface area (Å²) in [6.45, 7) is 15.7. The average molecular weight is 257 g/mol. The molecule has 4 heteroatoms. The summed E-state index contributed by atoms with van der Waals surface area (Å²) in [6, 6.07) is 0.0848. The lowest BCUT2D eigenvalue weighted by atomic mass is 10.1. The summed E-state index contributed by atoms with van der Waals surface area (Å²) in [5, 5.41) is 11.4. The van der Waals surface area contributed by atoms with Crippen molar-refractivity contribution in [2.45, 2.75) is 63.9 Å². The van der Waals surface area contributed by atoms with Crippen LogP contribution >= 0.6 is 0 Å². The van der Waals surface area contributed by atoms with Crippen molar-refractivity contribution in [3.05, 3.63) is 12.7 Å². The smallest absolute Gasteiger partial charge is 0.192 e. The lowest BCUT2D eigenvalue weighted by Crippen LogP contribution is -2.47. The average Bonchev–Trinajstić information content (AvgIpc) is 2.48. The van der Waals surface area contributed by atoms with Gasteiger partial charge in [-0.3, -0.25) is 0 Å². The van der Waals surface area contributed by atoms with Crippen LogP contribution in [-0.2, 0) is 4.43 Å². The zero-order valence-corrected chi connectivity index (χ0v) is 12.9. The van der Waals surface area contributed by atoms with Crippen LogP contribution in [0.15, 0.2) is 12.7 Å². The van der Waals surface area contributed by atoms with Gasteiger partial charge in [0.2, 0.25) is 0 Å². The zero-order valence-electron chi connectivity index (χ0n) is 11.9. The van der Waals surface area contributed by atoms with E-state index in [1.807, 2.05) is 6.08 Å². The molecule has 0 bridgehead atoms. The van der Waals surface area contributed by atoms with Crippen molar-refractivity contribution >= 4 is 8.32 Å². The Balaban J connectivity index is 2.71. The van der Waals surface area contributed by atoms with Gasteiger partial charge in [0.05, 0.1) is 12.1 Å².